The Bertz CT molecular complexity index is 611. The summed E-state index contributed by atoms with van der Waals surface area (Å²) in [5.74, 6) is -0.418. The van der Waals surface area contributed by atoms with Crippen LogP contribution in [0.1, 0.15) is 52.9 Å². The molecule has 4 nitrogen and oxygen atoms in total. The quantitative estimate of drug-likeness (QED) is 0.593. The smallest absolute Gasteiger partial charge is 0.170 e. The fraction of sp³-hybridized carbons (Fsp3) is 0.850. The summed E-state index contributed by atoms with van der Waals surface area (Å²) in [6.45, 7) is 10.5. The van der Waals surface area contributed by atoms with E-state index in [0.29, 0.717) is 12.0 Å². The molecular weight excluding hydrogens is 304 g/mol. The average Bonchev–Trinajstić information content (AvgIpc) is 2.63. The first-order valence-corrected chi connectivity index (χ1v) is 9.37. The molecule has 0 amide bonds. The van der Waals surface area contributed by atoms with E-state index in [1.165, 1.54) is 0 Å². The van der Waals surface area contributed by atoms with Crippen LogP contribution in [0.2, 0.25) is 0 Å². The third-order valence-corrected chi connectivity index (χ3v) is 8.58. The Morgan fingerprint density at radius 1 is 1.00 bits per heavy atom. The minimum atomic E-state index is -1.15. The highest BCUT2D eigenvalue weighted by Gasteiger charge is 2.75. The number of aliphatic hydroxyl groups excluding tert-OH is 3. The molecule has 4 heteroatoms. The van der Waals surface area contributed by atoms with Crippen molar-refractivity contribution in [3.8, 4) is 0 Å². The van der Waals surface area contributed by atoms with E-state index in [-0.39, 0.29) is 29.0 Å². The Kier molecular flexibility index (Phi) is 3.29. The molecule has 8 atom stereocenters. The Morgan fingerprint density at radius 2 is 1.67 bits per heavy atom. The van der Waals surface area contributed by atoms with Gasteiger partial charge in [-0.3, -0.25) is 4.79 Å². The fourth-order valence-electron chi connectivity index (χ4n) is 7.33. The third-order valence-electron chi connectivity index (χ3n) is 8.58. The highest BCUT2D eigenvalue weighted by atomic mass is 16.3. The Hall–Kier alpha value is -0.710. The summed E-state index contributed by atoms with van der Waals surface area (Å²) in [7, 11) is 0. The van der Waals surface area contributed by atoms with Gasteiger partial charge in [0.25, 0.3) is 0 Å². The second-order valence-electron chi connectivity index (χ2n) is 9.68. The standard InChI is InChI=1S/C20H30O4/c1-10-11-5-6-12-19(4)13(18(2,3)8-7-14(19)21)9-15(22)20(12,16(10)23)17(11)24/h11-15,17,21-22,24H,1,5-9H2,2-4H3/t11?,12?,13?,14?,15?,17?,19-,20-/m0/s1. The van der Waals surface area contributed by atoms with Gasteiger partial charge in [-0.05, 0) is 54.9 Å². The van der Waals surface area contributed by atoms with Gasteiger partial charge in [-0.2, -0.15) is 0 Å². The monoisotopic (exact) mass is 334 g/mol. The number of aliphatic hydroxyl groups is 3. The highest BCUT2D eigenvalue weighted by molar-refractivity contribution is 6.04. The van der Waals surface area contributed by atoms with Gasteiger partial charge in [0.05, 0.1) is 23.7 Å². The molecule has 0 heterocycles. The highest BCUT2D eigenvalue weighted by Crippen LogP contribution is 2.70. The molecule has 0 aromatic rings. The van der Waals surface area contributed by atoms with E-state index in [1.807, 2.05) is 0 Å². The molecule has 134 valence electrons. The van der Waals surface area contributed by atoms with Crippen molar-refractivity contribution in [3.05, 3.63) is 12.2 Å². The first kappa shape index (κ1) is 16.7. The van der Waals surface area contributed by atoms with E-state index in [1.54, 1.807) is 0 Å². The lowest BCUT2D eigenvalue weighted by Crippen LogP contribution is -2.69. The van der Waals surface area contributed by atoms with Crippen LogP contribution in [0, 0.1) is 34.0 Å². The number of rotatable bonds is 0. The molecule has 4 saturated carbocycles. The largest absolute Gasteiger partial charge is 0.393 e. The van der Waals surface area contributed by atoms with Gasteiger partial charge in [0.2, 0.25) is 0 Å². The van der Waals surface area contributed by atoms with Crippen LogP contribution in [0.5, 0.6) is 0 Å². The Balaban J connectivity index is 1.91. The predicted molar refractivity (Wildman–Crippen MR) is 90.0 cm³/mol. The van der Waals surface area contributed by atoms with Crippen LogP contribution in [0.15, 0.2) is 12.2 Å². The molecule has 0 aliphatic heterocycles. The van der Waals surface area contributed by atoms with E-state index in [9.17, 15) is 20.1 Å². The molecule has 24 heavy (non-hydrogen) atoms. The zero-order valence-electron chi connectivity index (χ0n) is 15.0. The number of fused-ring (bicyclic) bond motifs is 3. The van der Waals surface area contributed by atoms with Gasteiger partial charge in [-0.15, -0.1) is 0 Å². The minimum Gasteiger partial charge on any atom is -0.393 e. The van der Waals surface area contributed by atoms with Gasteiger partial charge in [0.1, 0.15) is 0 Å². The van der Waals surface area contributed by atoms with Gasteiger partial charge >= 0.3 is 0 Å². The van der Waals surface area contributed by atoms with E-state index >= 15 is 0 Å². The molecule has 2 bridgehead atoms. The van der Waals surface area contributed by atoms with Gasteiger partial charge in [-0.25, -0.2) is 0 Å². The van der Waals surface area contributed by atoms with Crippen molar-refractivity contribution in [2.45, 2.75) is 71.2 Å². The van der Waals surface area contributed by atoms with Crippen molar-refractivity contribution in [2.75, 3.05) is 0 Å². The summed E-state index contributed by atoms with van der Waals surface area (Å²) in [5.41, 5.74) is -1.11. The van der Waals surface area contributed by atoms with Crippen molar-refractivity contribution in [1.82, 2.24) is 0 Å². The molecule has 3 N–H and O–H groups in total. The maximum atomic E-state index is 13.1. The Labute approximate surface area is 144 Å². The minimum absolute atomic E-state index is 0.0109. The normalized spacial score (nSPS) is 55.9. The second-order valence-corrected chi connectivity index (χ2v) is 9.68. The first-order valence-electron chi connectivity index (χ1n) is 9.37. The van der Waals surface area contributed by atoms with Gasteiger partial charge < -0.3 is 15.3 Å². The molecule has 6 unspecified atom stereocenters. The lowest BCUT2D eigenvalue weighted by molar-refractivity contribution is -0.251. The van der Waals surface area contributed by atoms with Crippen LogP contribution in [-0.2, 0) is 4.79 Å². The van der Waals surface area contributed by atoms with Gasteiger partial charge in [0.15, 0.2) is 5.78 Å². The van der Waals surface area contributed by atoms with E-state index < -0.39 is 29.1 Å². The van der Waals surface area contributed by atoms with Crippen LogP contribution in [0.3, 0.4) is 0 Å². The third kappa shape index (κ3) is 1.59. The molecule has 4 rings (SSSR count). The molecular formula is C20H30O4. The van der Waals surface area contributed by atoms with Crippen molar-refractivity contribution in [2.24, 2.45) is 34.0 Å². The van der Waals surface area contributed by atoms with Gasteiger partial charge in [-0.1, -0.05) is 27.4 Å². The number of Topliss-reactive ketones (excluding diaryl/α,β-unsaturated/α-hetero) is 1. The average molecular weight is 334 g/mol. The van der Waals surface area contributed by atoms with Crippen molar-refractivity contribution >= 4 is 5.78 Å². The molecule has 0 radical (unpaired) electrons. The van der Waals surface area contributed by atoms with Crippen LogP contribution in [0.25, 0.3) is 0 Å². The summed E-state index contributed by atoms with van der Waals surface area (Å²) in [5, 5.41) is 33.1. The van der Waals surface area contributed by atoms with Gasteiger partial charge in [0, 0.05) is 11.3 Å². The van der Waals surface area contributed by atoms with E-state index in [0.717, 1.165) is 25.7 Å². The van der Waals surface area contributed by atoms with E-state index in [2.05, 4.69) is 27.4 Å². The number of ketones is 1. The number of hydrogen-bond acceptors (Lipinski definition) is 4. The Morgan fingerprint density at radius 3 is 2.33 bits per heavy atom. The summed E-state index contributed by atoms with van der Waals surface area (Å²) in [6.07, 6.45) is 1.40. The molecule has 0 saturated heterocycles. The molecule has 4 aliphatic rings. The first-order chi connectivity index (χ1) is 11.1. The maximum Gasteiger partial charge on any atom is 0.170 e. The van der Waals surface area contributed by atoms with Crippen molar-refractivity contribution < 1.29 is 20.1 Å². The molecule has 4 fully saturated rings. The topological polar surface area (TPSA) is 77.8 Å². The van der Waals surface area contributed by atoms with Crippen LogP contribution < -0.4 is 0 Å². The van der Waals surface area contributed by atoms with Crippen LogP contribution in [0.4, 0.5) is 0 Å². The number of hydrogen-bond donors (Lipinski definition) is 3. The summed E-state index contributed by atoms with van der Waals surface area (Å²) < 4.78 is 0. The summed E-state index contributed by atoms with van der Waals surface area (Å²) >= 11 is 0. The lowest BCUT2D eigenvalue weighted by atomic mass is 9.39. The van der Waals surface area contributed by atoms with Crippen molar-refractivity contribution in [3.63, 3.8) is 0 Å². The fourth-order valence-corrected chi connectivity index (χ4v) is 7.33. The zero-order valence-corrected chi connectivity index (χ0v) is 15.0. The number of carbonyl (C=O) groups is 1. The van der Waals surface area contributed by atoms with E-state index in [4.69, 9.17) is 0 Å². The molecule has 0 aromatic carbocycles. The summed E-state index contributed by atoms with van der Waals surface area (Å²) in [6, 6.07) is 0. The van der Waals surface area contributed by atoms with Crippen molar-refractivity contribution in [1.29, 1.82) is 0 Å². The summed E-state index contributed by atoms with van der Waals surface area (Å²) in [4.78, 5) is 13.1. The molecule has 0 aromatic heterocycles. The SMILES string of the molecule is C=C1C(=O)[C@@]23C(O)CC4C(C)(C)CCC(O)[C@@]4(C)C2CCC1C3O. The molecule has 4 aliphatic carbocycles. The molecule has 1 spiro atoms. The zero-order chi connectivity index (χ0) is 17.7. The second kappa shape index (κ2) is 4.72. The lowest BCUT2D eigenvalue weighted by Gasteiger charge is -2.66. The maximum absolute atomic E-state index is 13.1. The number of carbonyl (C=O) groups excluding carboxylic acids is 1. The van der Waals surface area contributed by atoms with Crippen LogP contribution in [-0.4, -0.2) is 39.4 Å². The predicted octanol–water partition coefficient (Wildman–Crippen LogP) is 2.07. The van der Waals surface area contributed by atoms with Crippen LogP contribution >= 0.6 is 0 Å².